The van der Waals surface area contributed by atoms with Crippen LogP contribution in [0.25, 0.3) is 22.5 Å². The van der Waals surface area contributed by atoms with Crippen molar-refractivity contribution in [1.29, 1.82) is 0 Å². The molecule has 11 rings (SSSR count). The summed E-state index contributed by atoms with van der Waals surface area (Å²) in [5, 5.41) is 57.7. The van der Waals surface area contributed by atoms with Crippen LogP contribution in [0.1, 0.15) is 87.2 Å². The fourth-order valence-corrected chi connectivity index (χ4v) is 13.8. The molecule has 5 amide bonds. The summed E-state index contributed by atoms with van der Waals surface area (Å²) in [6.07, 6.45) is -6.17. The number of ether oxygens (including phenoxy) is 10. The smallest absolute Gasteiger partial charge is 0.267 e. The number of aromatic hydroxyl groups is 2. The molecule has 5 aromatic rings. The van der Waals surface area contributed by atoms with Gasteiger partial charge in [0.2, 0.25) is 29.4 Å². The number of benzene rings is 4. The fraction of sp³-hybridized carbons (Fsp3) is 0.492. The zero-order chi connectivity index (χ0) is 69.4. The Morgan fingerprint density at radius 1 is 0.765 bits per heavy atom. The number of fused-ring (bicyclic) bond motifs is 11. The zero-order valence-corrected chi connectivity index (χ0v) is 54.7. The molecule has 32 nitrogen and oxygen atoms in total. The maximum Gasteiger partial charge on any atom is 0.267 e. The molecule has 0 spiro atoms. The van der Waals surface area contributed by atoms with Gasteiger partial charge in [-0.1, -0.05) is 54.6 Å². The number of amides is 5. The summed E-state index contributed by atoms with van der Waals surface area (Å²) in [4.78, 5) is 99.0. The average Bonchev–Trinajstić information content (AvgIpc) is 0.850. The van der Waals surface area contributed by atoms with E-state index in [4.69, 9.17) is 47.4 Å². The highest BCUT2D eigenvalue weighted by atomic mass is 32.2. The maximum atomic E-state index is 14.3. The number of aromatic nitrogens is 3. The first kappa shape index (κ1) is 70.9. The van der Waals surface area contributed by atoms with Gasteiger partial charge in [0.25, 0.3) is 16.0 Å². The number of aliphatic hydroxyl groups is 1. The highest BCUT2D eigenvalue weighted by molar-refractivity contribution is 7.85. The molecule has 5 heterocycles. The first-order valence-electron chi connectivity index (χ1n) is 31.9. The van der Waals surface area contributed by atoms with E-state index in [1.807, 2.05) is 36.4 Å². The minimum atomic E-state index is -4.74. The fourth-order valence-electron chi connectivity index (χ4n) is 13.2. The quantitative estimate of drug-likeness (QED) is 0.0177. The van der Waals surface area contributed by atoms with Crippen LogP contribution in [0.3, 0.4) is 0 Å². The SMILES string of the molecule is COc1cccc2c1C(=O)c1c(O)c3c(c(O)c1C2=O)C[C@@](O)(C(=O)NCC(=O)NCCOCCOCCOCCOCCC(=O)N[C@@H](CS(=O)(=O)O)C(=O)NCCC(=O)N1Cc2ccccc2-c2n[nH]nc2-c2ccccc21)C[C@@H]3O[C@H]1C[C@H]2[C@H](O[C@@H]3[C@@H](OC)OCCN32)[C@H](C)O1. The van der Waals surface area contributed by atoms with E-state index >= 15 is 0 Å². The summed E-state index contributed by atoms with van der Waals surface area (Å²) in [5.41, 5.74) is -0.0412. The number of carbonyl (C=O) groups excluding carboxylic acids is 7. The van der Waals surface area contributed by atoms with Gasteiger partial charge < -0.3 is 88.9 Å². The van der Waals surface area contributed by atoms with E-state index in [0.29, 0.717) is 35.8 Å². The third-order valence-electron chi connectivity index (χ3n) is 17.7. The predicted molar refractivity (Wildman–Crippen MR) is 340 cm³/mol. The molecule has 0 unspecified atom stereocenters. The van der Waals surface area contributed by atoms with Crippen LogP contribution in [-0.4, -0.2) is 244 Å². The Morgan fingerprint density at radius 2 is 1.44 bits per heavy atom. The van der Waals surface area contributed by atoms with Crippen molar-refractivity contribution in [2.24, 2.45) is 0 Å². The molecule has 4 aliphatic heterocycles. The van der Waals surface area contributed by atoms with Gasteiger partial charge in [-0.25, -0.2) is 0 Å². The van der Waals surface area contributed by atoms with Crippen molar-refractivity contribution in [1.82, 2.24) is 41.6 Å². The third kappa shape index (κ3) is 15.5. The molecule has 33 heteroatoms. The van der Waals surface area contributed by atoms with Crippen LogP contribution in [0.4, 0.5) is 5.69 Å². The minimum Gasteiger partial charge on any atom is -0.507 e. The molecule has 0 bridgehead atoms. The van der Waals surface area contributed by atoms with Crippen LogP contribution in [0, 0.1) is 0 Å². The predicted octanol–water partition coefficient (Wildman–Crippen LogP) is 0.717. The summed E-state index contributed by atoms with van der Waals surface area (Å²) >= 11 is 0. The van der Waals surface area contributed by atoms with Gasteiger partial charge in [-0.3, -0.25) is 43.0 Å². The summed E-state index contributed by atoms with van der Waals surface area (Å²) in [6, 6.07) is 17.0. The molecule has 4 aromatic carbocycles. The average molecular weight is 1380 g/mol. The summed E-state index contributed by atoms with van der Waals surface area (Å²) in [5.74, 6) is -7.84. The lowest BCUT2D eigenvalue weighted by molar-refractivity contribution is -0.256. The van der Waals surface area contributed by atoms with E-state index in [2.05, 4.69) is 41.6 Å². The molecule has 2 aliphatic carbocycles. The van der Waals surface area contributed by atoms with E-state index in [-0.39, 0.29) is 132 Å². The number of para-hydroxylation sites is 1. The number of hydrogen-bond acceptors (Lipinski definition) is 25. The molecular formula is C65H77N9O23S. The van der Waals surface area contributed by atoms with Crippen LogP contribution < -0.4 is 30.9 Å². The molecule has 1 aromatic heterocycles. The number of hydrogen-bond donors (Lipinski definition) is 9. The van der Waals surface area contributed by atoms with Crippen molar-refractivity contribution in [3.8, 4) is 39.8 Å². The Bertz CT molecular complexity index is 3930. The van der Waals surface area contributed by atoms with Crippen molar-refractivity contribution < 1.29 is 109 Å². The topological polar surface area (TPSA) is 423 Å². The number of aromatic amines is 1. The van der Waals surface area contributed by atoms with Gasteiger partial charge in [0, 0.05) is 92.7 Å². The van der Waals surface area contributed by atoms with Gasteiger partial charge in [-0.2, -0.15) is 23.8 Å². The summed E-state index contributed by atoms with van der Waals surface area (Å²) < 4.78 is 91.3. The Labute approximate surface area is 561 Å². The van der Waals surface area contributed by atoms with E-state index in [9.17, 15) is 61.9 Å². The second-order valence-corrected chi connectivity index (χ2v) is 25.5. The summed E-state index contributed by atoms with van der Waals surface area (Å²) in [7, 11) is -1.91. The minimum absolute atomic E-state index is 0.0289. The van der Waals surface area contributed by atoms with Gasteiger partial charge in [-0.05, 0) is 24.6 Å². The molecule has 0 radical (unpaired) electrons. The Kier molecular flexibility index (Phi) is 22.6. The zero-order valence-electron chi connectivity index (χ0n) is 53.9. The highest BCUT2D eigenvalue weighted by Gasteiger charge is 2.55. The third-order valence-corrected chi connectivity index (χ3v) is 18.5. The number of nitrogens with zero attached hydrogens (tertiary/aromatic N) is 4. The number of methoxy groups -OCH3 is 2. The lowest BCUT2D eigenvalue weighted by Gasteiger charge is -2.43. The molecule has 9 atom stereocenters. The number of rotatable bonds is 29. The molecule has 3 fully saturated rings. The number of phenols is 2. The van der Waals surface area contributed by atoms with E-state index in [1.54, 1.807) is 24.0 Å². The lowest BCUT2D eigenvalue weighted by Crippen LogP contribution is -2.55. The second kappa shape index (κ2) is 31.2. The Balaban J connectivity index is 0.576. The number of anilines is 1. The van der Waals surface area contributed by atoms with Crippen molar-refractivity contribution >= 4 is 56.9 Å². The van der Waals surface area contributed by atoms with Gasteiger partial charge >= 0.3 is 0 Å². The largest absolute Gasteiger partial charge is 0.507 e. The molecular weight excluding hydrogens is 1310 g/mol. The molecule has 526 valence electrons. The van der Waals surface area contributed by atoms with Crippen molar-refractivity contribution in [3.63, 3.8) is 0 Å². The standard InChI is InChI=1S/C65H77N9O23S/c1-35-60-43(73-19-22-94-63(89-3)62(73)97-60)29-49(95-35)96-45-31-65(84,30-40-51(45)59(81)53-52(57(40)79)56(78)39-12-8-14-44(88-2)50(39)58(53)80)64(83)68-32-47(76)66-18-21-91-24-26-93-28-27-92-25-23-90-20-16-46(75)69-41(34-98(85,86)87)61(82)67-17-15-48(77)74-33-36-9-4-5-10-37(36)54-55(71-72-70-54)38-11-6-7-13-42(38)74/h4-14,35,41,43,45,49,60,62-63,79,81,84H,15-34H2,1-3H3,(H,66,76)(H,67,82)(H,68,83)(H,69,75)(H,70,71,72)(H,85,86,87)/t35-,41-,43-,45-,49-,60+,62+,63-,65-/m0/s1. The van der Waals surface area contributed by atoms with Crippen LogP contribution in [0.2, 0.25) is 0 Å². The van der Waals surface area contributed by atoms with Crippen molar-refractivity contribution in [2.75, 3.05) is 111 Å². The number of nitrogens with one attached hydrogen (secondary N) is 5. The number of phenolic OH excluding ortho intramolecular Hbond substituents is 2. The molecule has 9 N–H and O–H groups in total. The van der Waals surface area contributed by atoms with Gasteiger partial charge in [0.15, 0.2) is 24.6 Å². The lowest BCUT2D eigenvalue weighted by atomic mass is 9.72. The normalized spacial score (nSPS) is 22.6. The molecule has 3 saturated heterocycles. The van der Waals surface area contributed by atoms with Crippen LogP contribution in [0.15, 0.2) is 66.7 Å². The van der Waals surface area contributed by atoms with Gasteiger partial charge in [0.05, 0.1) is 114 Å². The number of morpholine rings is 1. The van der Waals surface area contributed by atoms with Gasteiger partial charge in [-0.15, -0.1) is 0 Å². The Morgan fingerprint density at radius 3 is 2.16 bits per heavy atom. The van der Waals surface area contributed by atoms with E-state index < -0.39 is 142 Å². The first-order valence-corrected chi connectivity index (χ1v) is 33.5. The van der Waals surface area contributed by atoms with E-state index in [1.165, 1.54) is 32.4 Å². The molecule has 98 heavy (non-hydrogen) atoms. The van der Waals surface area contributed by atoms with Gasteiger partial charge in [0.1, 0.15) is 52.1 Å². The number of carbonyl (C=O) groups is 7. The van der Waals surface area contributed by atoms with Crippen molar-refractivity contribution in [3.05, 3.63) is 106 Å². The monoisotopic (exact) mass is 1380 g/mol. The van der Waals surface area contributed by atoms with Crippen LogP contribution in [0.5, 0.6) is 17.2 Å². The maximum absolute atomic E-state index is 14.3. The molecule has 0 saturated carbocycles. The summed E-state index contributed by atoms with van der Waals surface area (Å²) in [6.45, 7) is 2.87. The van der Waals surface area contributed by atoms with Crippen LogP contribution >= 0.6 is 0 Å². The number of H-pyrrole nitrogens is 1. The van der Waals surface area contributed by atoms with E-state index in [0.717, 1.165) is 11.1 Å². The highest BCUT2D eigenvalue weighted by Crippen LogP contribution is 2.53. The second-order valence-electron chi connectivity index (χ2n) is 24.0. The Hall–Kier alpha value is -8.42. The van der Waals surface area contributed by atoms with Crippen molar-refractivity contribution in [2.45, 2.75) is 100 Å². The number of ketones is 2. The van der Waals surface area contributed by atoms with Crippen LogP contribution in [-0.2, 0) is 89.7 Å². The molecule has 6 aliphatic rings. The first-order chi connectivity index (χ1) is 47.2.